The summed E-state index contributed by atoms with van der Waals surface area (Å²) >= 11 is 0. The van der Waals surface area contributed by atoms with Crippen molar-refractivity contribution in [1.29, 1.82) is 0 Å². The van der Waals surface area contributed by atoms with E-state index in [4.69, 9.17) is 4.74 Å². The van der Waals surface area contributed by atoms with Crippen molar-refractivity contribution in [1.82, 2.24) is 9.97 Å². The van der Waals surface area contributed by atoms with Crippen LogP contribution >= 0.6 is 0 Å². The monoisotopic (exact) mass is 357 g/mol. The van der Waals surface area contributed by atoms with Gasteiger partial charge in [0.25, 0.3) is 0 Å². The Labute approximate surface area is 160 Å². The van der Waals surface area contributed by atoms with Crippen molar-refractivity contribution >= 4 is 11.8 Å². The molecule has 0 spiro atoms. The number of anilines is 1. The Hall–Kier alpha value is -3.14. The fourth-order valence-electron chi connectivity index (χ4n) is 3.45. The van der Waals surface area contributed by atoms with Gasteiger partial charge in [-0.25, -0.2) is 4.98 Å². The van der Waals surface area contributed by atoms with Crippen LogP contribution in [0.1, 0.15) is 18.9 Å². The molecule has 2 aromatic heterocycles. The molecular formula is C23H23N3O. The summed E-state index contributed by atoms with van der Waals surface area (Å²) < 4.78 is 5.85. The summed E-state index contributed by atoms with van der Waals surface area (Å²) in [6.07, 6.45) is 8.86. The van der Waals surface area contributed by atoms with Gasteiger partial charge in [-0.1, -0.05) is 36.8 Å². The van der Waals surface area contributed by atoms with Crippen LogP contribution in [-0.4, -0.2) is 23.1 Å². The van der Waals surface area contributed by atoms with Crippen LogP contribution in [0.25, 0.3) is 6.08 Å². The van der Waals surface area contributed by atoms with Crippen LogP contribution in [-0.2, 0) is 0 Å². The Kier molecular flexibility index (Phi) is 5.15. The highest BCUT2D eigenvalue weighted by Gasteiger charge is 2.21. The lowest BCUT2D eigenvalue weighted by molar-refractivity contribution is 0.463. The van der Waals surface area contributed by atoms with Crippen molar-refractivity contribution in [2.45, 2.75) is 13.3 Å². The average Bonchev–Trinajstić information content (AvgIpc) is 2.71. The maximum Gasteiger partial charge on any atom is 0.219 e. The Morgan fingerprint density at radius 1 is 1.07 bits per heavy atom. The zero-order valence-electron chi connectivity index (χ0n) is 15.5. The molecule has 1 fully saturated rings. The van der Waals surface area contributed by atoms with E-state index >= 15 is 0 Å². The molecule has 0 amide bonds. The summed E-state index contributed by atoms with van der Waals surface area (Å²) in [6, 6.07) is 18.0. The lowest BCUT2D eigenvalue weighted by Gasteiger charge is -2.34. The van der Waals surface area contributed by atoms with Crippen molar-refractivity contribution in [3.05, 3.63) is 84.3 Å². The second kappa shape index (κ2) is 8.04. The normalized spacial score (nSPS) is 18.5. The summed E-state index contributed by atoms with van der Waals surface area (Å²) in [5.74, 6) is 1.92. The predicted octanol–water partition coefficient (Wildman–Crippen LogP) is 5.20. The zero-order valence-corrected chi connectivity index (χ0v) is 15.5. The van der Waals surface area contributed by atoms with E-state index in [1.807, 2.05) is 48.8 Å². The van der Waals surface area contributed by atoms with Gasteiger partial charge >= 0.3 is 0 Å². The van der Waals surface area contributed by atoms with Crippen LogP contribution in [0.15, 0.2) is 78.8 Å². The molecule has 3 aromatic rings. The molecule has 4 nitrogen and oxygen atoms in total. The van der Waals surface area contributed by atoms with Crippen LogP contribution < -0.4 is 9.64 Å². The number of ether oxygens (including phenoxy) is 1. The fraction of sp³-hybridized carbons (Fsp3) is 0.217. The van der Waals surface area contributed by atoms with Crippen LogP contribution in [0.4, 0.5) is 5.69 Å². The van der Waals surface area contributed by atoms with E-state index in [9.17, 15) is 0 Å². The maximum atomic E-state index is 5.85. The van der Waals surface area contributed by atoms with Crippen molar-refractivity contribution in [2.75, 3.05) is 18.0 Å². The van der Waals surface area contributed by atoms with Crippen LogP contribution in [0, 0.1) is 5.92 Å². The lowest BCUT2D eigenvalue weighted by Crippen LogP contribution is -2.35. The Morgan fingerprint density at radius 3 is 2.81 bits per heavy atom. The molecule has 1 saturated heterocycles. The molecule has 1 atom stereocenters. The molecule has 0 N–H and O–H groups in total. The number of nitrogens with zero attached hydrogens (tertiary/aromatic N) is 3. The van der Waals surface area contributed by atoms with Gasteiger partial charge in [0, 0.05) is 31.5 Å². The Balaban J connectivity index is 1.47. The van der Waals surface area contributed by atoms with Crippen molar-refractivity contribution in [3.8, 4) is 11.6 Å². The first kappa shape index (κ1) is 17.3. The summed E-state index contributed by atoms with van der Waals surface area (Å²) in [7, 11) is 0. The van der Waals surface area contributed by atoms with E-state index in [2.05, 4.69) is 46.1 Å². The molecule has 4 rings (SSSR count). The maximum absolute atomic E-state index is 5.85. The molecule has 136 valence electrons. The first-order valence-corrected chi connectivity index (χ1v) is 9.32. The van der Waals surface area contributed by atoms with E-state index in [1.165, 1.54) is 16.8 Å². The van der Waals surface area contributed by atoms with Gasteiger partial charge in [-0.2, -0.15) is 0 Å². The molecular weight excluding hydrogens is 334 g/mol. The number of aromatic nitrogens is 2. The molecule has 3 heterocycles. The third-order valence-electron chi connectivity index (χ3n) is 4.88. The average molecular weight is 357 g/mol. The number of benzene rings is 1. The highest BCUT2D eigenvalue weighted by molar-refractivity contribution is 5.57. The molecule has 0 saturated carbocycles. The van der Waals surface area contributed by atoms with Crippen LogP contribution in [0.5, 0.6) is 11.6 Å². The van der Waals surface area contributed by atoms with Crippen molar-refractivity contribution < 1.29 is 4.74 Å². The standard InChI is InChI=1S/C23H23N3O/c1-18-17-26(21-7-5-11-24-16-21)13-10-20(18)14-19-6-4-8-22(15-19)27-23-9-2-3-12-25-23/h2-9,11-12,14-16,18H,10,13,17H2,1H3. The highest BCUT2D eigenvalue weighted by atomic mass is 16.5. The van der Waals surface area contributed by atoms with E-state index in [-0.39, 0.29) is 0 Å². The largest absolute Gasteiger partial charge is 0.439 e. The van der Waals surface area contributed by atoms with Gasteiger partial charge in [-0.15, -0.1) is 0 Å². The summed E-state index contributed by atoms with van der Waals surface area (Å²) in [6.45, 7) is 4.33. The van der Waals surface area contributed by atoms with Gasteiger partial charge in [0.05, 0.1) is 11.9 Å². The molecule has 1 aliphatic rings. The molecule has 0 radical (unpaired) electrons. The summed E-state index contributed by atoms with van der Waals surface area (Å²) in [5.41, 5.74) is 3.85. The predicted molar refractivity (Wildman–Crippen MR) is 109 cm³/mol. The Morgan fingerprint density at radius 2 is 2.04 bits per heavy atom. The number of hydrogen-bond acceptors (Lipinski definition) is 4. The van der Waals surface area contributed by atoms with E-state index in [1.54, 1.807) is 6.20 Å². The summed E-state index contributed by atoms with van der Waals surface area (Å²) in [4.78, 5) is 10.9. The Bertz CT molecular complexity index is 909. The SMILES string of the molecule is CC1CN(c2cccnc2)CCC1=Cc1cccc(Oc2ccccn2)c1. The van der Waals surface area contributed by atoms with Crippen LogP contribution in [0.2, 0.25) is 0 Å². The summed E-state index contributed by atoms with van der Waals surface area (Å²) in [5, 5.41) is 0. The molecule has 4 heteroatoms. The minimum atomic E-state index is 0.499. The topological polar surface area (TPSA) is 38.2 Å². The van der Waals surface area contributed by atoms with Crippen molar-refractivity contribution in [2.24, 2.45) is 5.92 Å². The number of hydrogen-bond donors (Lipinski definition) is 0. The van der Waals surface area contributed by atoms with Gasteiger partial charge in [-0.05, 0) is 48.2 Å². The number of pyridine rings is 2. The number of piperidine rings is 1. The third-order valence-corrected chi connectivity index (χ3v) is 4.88. The second-order valence-corrected chi connectivity index (χ2v) is 6.87. The lowest BCUT2D eigenvalue weighted by atomic mass is 9.91. The molecule has 1 aromatic carbocycles. The molecule has 0 aliphatic carbocycles. The van der Waals surface area contributed by atoms with Crippen molar-refractivity contribution in [3.63, 3.8) is 0 Å². The van der Waals surface area contributed by atoms with Gasteiger partial charge in [0.15, 0.2) is 0 Å². The zero-order chi connectivity index (χ0) is 18.5. The second-order valence-electron chi connectivity index (χ2n) is 6.87. The van der Waals surface area contributed by atoms with E-state index in [0.717, 1.165) is 25.3 Å². The van der Waals surface area contributed by atoms with Gasteiger partial charge in [0.2, 0.25) is 5.88 Å². The molecule has 0 bridgehead atoms. The quantitative estimate of drug-likeness (QED) is 0.643. The molecule has 1 aliphatic heterocycles. The van der Waals surface area contributed by atoms with E-state index in [0.29, 0.717) is 11.8 Å². The first-order valence-electron chi connectivity index (χ1n) is 9.32. The molecule has 27 heavy (non-hydrogen) atoms. The van der Waals surface area contributed by atoms with Gasteiger partial charge in [0.1, 0.15) is 5.75 Å². The first-order chi connectivity index (χ1) is 13.3. The highest BCUT2D eigenvalue weighted by Crippen LogP contribution is 2.29. The fourth-order valence-corrected chi connectivity index (χ4v) is 3.45. The van der Waals surface area contributed by atoms with Gasteiger partial charge in [-0.3, -0.25) is 4.98 Å². The van der Waals surface area contributed by atoms with E-state index < -0.39 is 0 Å². The minimum Gasteiger partial charge on any atom is -0.439 e. The minimum absolute atomic E-state index is 0.499. The van der Waals surface area contributed by atoms with Crippen LogP contribution in [0.3, 0.4) is 0 Å². The smallest absolute Gasteiger partial charge is 0.219 e. The molecule has 1 unspecified atom stereocenters. The number of rotatable bonds is 4. The third kappa shape index (κ3) is 4.34. The van der Waals surface area contributed by atoms with Gasteiger partial charge < -0.3 is 9.64 Å².